The third kappa shape index (κ3) is 16.2. The summed E-state index contributed by atoms with van der Waals surface area (Å²) in [5.41, 5.74) is 3.34. The molecule has 4 heterocycles. The van der Waals surface area contributed by atoms with E-state index in [2.05, 4.69) is 5.32 Å². The van der Waals surface area contributed by atoms with Gasteiger partial charge in [-0.2, -0.15) is 13.2 Å². The van der Waals surface area contributed by atoms with Gasteiger partial charge < -0.3 is 93.4 Å². The number of benzene rings is 5. The summed E-state index contributed by atoms with van der Waals surface area (Å²) in [7, 11) is 0. The lowest BCUT2D eigenvalue weighted by Crippen LogP contribution is -2.71. The van der Waals surface area contributed by atoms with Gasteiger partial charge in [-0.3, -0.25) is 9.59 Å². The van der Waals surface area contributed by atoms with E-state index in [1.165, 1.54) is 24.3 Å². The van der Waals surface area contributed by atoms with Gasteiger partial charge in [0.05, 0.1) is 58.4 Å². The highest BCUT2D eigenvalue weighted by Crippen LogP contribution is 2.43. The van der Waals surface area contributed by atoms with Gasteiger partial charge in [0, 0.05) is 24.6 Å². The Labute approximate surface area is 492 Å². The number of halogens is 3. The Hall–Kier alpha value is -6.34. The molecule has 25 heteroatoms. The number of anilines is 1. The second kappa shape index (κ2) is 29.6. The van der Waals surface area contributed by atoms with E-state index in [0.717, 1.165) is 23.6 Å². The maximum Gasteiger partial charge on any atom is 0.471 e. The van der Waals surface area contributed by atoms with Gasteiger partial charge in [-0.1, -0.05) is 133 Å². The molecule has 8 N–H and O–H groups in total. The maximum absolute atomic E-state index is 13.8. The van der Waals surface area contributed by atoms with E-state index in [4.69, 9.17) is 52.1 Å². The van der Waals surface area contributed by atoms with Gasteiger partial charge in [0.1, 0.15) is 67.1 Å². The largest absolute Gasteiger partial charge is 0.477 e. The van der Waals surface area contributed by atoms with E-state index in [-0.39, 0.29) is 51.7 Å². The van der Waals surface area contributed by atoms with Crippen LogP contribution in [0.4, 0.5) is 18.9 Å². The first-order chi connectivity index (χ1) is 41.4. The van der Waals surface area contributed by atoms with Gasteiger partial charge in [-0.15, -0.1) is 0 Å². The van der Waals surface area contributed by atoms with Crippen LogP contribution in [0.3, 0.4) is 0 Å². The molecule has 4 saturated heterocycles. The molecule has 17 atom stereocenters. The molecule has 0 aliphatic carbocycles. The van der Waals surface area contributed by atoms with Crippen LogP contribution in [0.2, 0.25) is 0 Å². The zero-order valence-electron chi connectivity index (χ0n) is 46.5. The van der Waals surface area contributed by atoms with Crippen molar-refractivity contribution >= 4 is 23.5 Å². The van der Waals surface area contributed by atoms with Crippen LogP contribution in [0.5, 0.6) is 0 Å². The van der Waals surface area contributed by atoms with Gasteiger partial charge in [0.15, 0.2) is 18.9 Å². The first-order valence-corrected chi connectivity index (χ1v) is 27.9. The molecule has 4 aliphatic rings. The summed E-state index contributed by atoms with van der Waals surface area (Å²) >= 11 is 0. The van der Waals surface area contributed by atoms with Gasteiger partial charge in [0.2, 0.25) is 5.91 Å². The lowest BCUT2D eigenvalue weighted by atomic mass is 9.88. The SMILES string of the molecule is CC(=O)N[C@H]1[C@H]([C@H](O)[C@H](O)CO)O[C@@](O[C@@H]2[C@@H](O)[C@H](O[C@H]3[C@H](OCc4ccccc4)[C@@H](OCc4ccccc4)[C@H](OCCc4ccc(NC(=O)C(F)(F)F)cc4)O[C@@H]3COCc3ccccc3)O[C@@H]3COC(c4ccccc4)O[C@H]23)(C(=O)O)C[C@@H]1O. The van der Waals surface area contributed by atoms with Crippen molar-refractivity contribution in [3.05, 3.63) is 173 Å². The highest BCUT2D eigenvalue weighted by atomic mass is 19.4. The molecule has 0 radical (unpaired) electrons. The third-order valence-corrected chi connectivity index (χ3v) is 14.9. The van der Waals surface area contributed by atoms with Gasteiger partial charge in [0.25, 0.3) is 5.79 Å². The smallest absolute Gasteiger partial charge is 0.471 e. The number of carbonyl (C=O) groups excluding carboxylic acids is 2. The second-order valence-corrected chi connectivity index (χ2v) is 21.1. The van der Waals surface area contributed by atoms with Crippen molar-refractivity contribution in [1.82, 2.24) is 5.32 Å². The Bertz CT molecular complexity index is 2930. The number of aliphatic carboxylic acids is 1. The second-order valence-electron chi connectivity index (χ2n) is 21.1. The third-order valence-electron chi connectivity index (χ3n) is 14.9. The monoisotopic (exact) mass is 1210 g/mol. The molecular weight excluding hydrogens is 1140 g/mol. The normalized spacial score (nSPS) is 30.1. The number of amides is 2. The van der Waals surface area contributed by atoms with Crippen molar-refractivity contribution in [2.75, 3.05) is 31.7 Å². The van der Waals surface area contributed by atoms with Crippen LogP contribution >= 0.6 is 0 Å². The number of fused-ring (bicyclic) bond motifs is 1. The maximum atomic E-state index is 13.8. The van der Waals surface area contributed by atoms with Crippen molar-refractivity contribution < 1.29 is 110 Å². The number of hydrogen-bond acceptors (Lipinski definition) is 19. The molecule has 9 rings (SSSR count). The molecule has 22 nitrogen and oxygen atoms in total. The molecule has 86 heavy (non-hydrogen) atoms. The lowest BCUT2D eigenvalue weighted by molar-refractivity contribution is -0.413. The van der Waals surface area contributed by atoms with E-state index >= 15 is 0 Å². The Morgan fingerprint density at radius 1 is 0.709 bits per heavy atom. The summed E-state index contributed by atoms with van der Waals surface area (Å²) < 4.78 is 111. The van der Waals surface area contributed by atoms with E-state index < -0.39 is 141 Å². The summed E-state index contributed by atoms with van der Waals surface area (Å²) in [6, 6.07) is 40.3. The molecule has 2 amide bonds. The number of nitrogens with one attached hydrogen (secondary N) is 2. The van der Waals surface area contributed by atoms with Crippen molar-refractivity contribution in [3.8, 4) is 0 Å². The molecule has 1 unspecified atom stereocenters. The highest BCUT2D eigenvalue weighted by Gasteiger charge is 2.62. The molecule has 0 bridgehead atoms. The van der Waals surface area contributed by atoms with E-state index in [0.29, 0.717) is 11.1 Å². The zero-order valence-corrected chi connectivity index (χ0v) is 46.5. The molecule has 4 aliphatic heterocycles. The molecule has 5 aromatic carbocycles. The van der Waals surface area contributed by atoms with E-state index in [1.54, 1.807) is 30.3 Å². The molecule has 0 saturated carbocycles. The molecule has 464 valence electrons. The number of ether oxygens (including phenoxy) is 11. The average molecular weight is 1210 g/mol. The van der Waals surface area contributed by atoms with Gasteiger partial charge in [-0.05, 0) is 40.8 Å². The van der Waals surface area contributed by atoms with E-state index in [1.807, 2.05) is 96.3 Å². The summed E-state index contributed by atoms with van der Waals surface area (Å²) in [5.74, 6) is -7.70. The molecular formula is C61H69F3N2O20. The molecule has 0 spiro atoms. The fourth-order valence-corrected chi connectivity index (χ4v) is 10.5. The minimum absolute atomic E-state index is 0.0245. The van der Waals surface area contributed by atoms with Crippen LogP contribution in [-0.4, -0.2) is 179 Å². The Kier molecular flexibility index (Phi) is 22.1. The van der Waals surface area contributed by atoms with Crippen LogP contribution < -0.4 is 10.6 Å². The minimum atomic E-state index is -5.09. The predicted octanol–water partition coefficient (Wildman–Crippen LogP) is 3.98. The Balaban J connectivity index is 1.08. The number of carboxylic acid groups (broad SMARTS) is 1. The summed E-state index contributed by atoms with van der Waals surface area (Å²) in [4.78, 5) is 37.8. The number of carbonyl (C=O) groups is 3. The summed E-state index contributed by atoms with van der Waals surface area (Å²) in [5, 5.41) is 71.7. The van der Waals surface area contributed by atoms with Crippen LogP contribution in [0.1, 0.15) is 47.5 Å². The van der Waals surface area contributed by atoms with Crippen molar-refractivity contribution in [3.63, 3.8) is 0 Å². The van der Waals surface area contributed by atoms with Crippen LogP contribution in [0, 0.1) is 0 Å². The zero-order chi connectivity index (χ0) is 61.0. The van der Waals surface area contributed by atoms with Crippen LogP contribution in [0.25, 0.3) is 0 Å². The standard InChI is InChI=1S/C61H69F3N2O20/c1-35(68)65-46-42(69)28-60(59(74)75,85-51(46)47(71)43(70)29-67)86-52-48(72)56(81-45-34-80-55(83-49(45)52)40-20-12-5-13-21-40)84-50-44(33-76-30-37-14-6-2-7-15-37)82-57(77-27-26-36-22-24-41(25-23-36)66-58(73)61(62,63)64)54(79-32-39-18-10-4-11-19-39)53(50)78-31-38-16-8-3-9-17-38/h2-25,42-57,67,69-72H,26-34H2,1H3,(H,65,68)(H,66,73)(H,74,75)/t42-,43+,44+,45+,46+,47+,48+,49-,50+,51+,52+,53-,54+,55?,56-,57+,60-/m0/s1. The Morgan fingerprint density at radius 2 is 1.30 bits per heavy atom. The minimum Gasteiger partial charge on any atom is -0.477 e. The molecule has 0 aromatic heterocycles. The Morgan fingerprint density at radius 3 is 1.88 bits per heavy atom. The van der Waals surface area contributed by atoms with Crippen LogP contribution in [0.15, 0.2) is 146 Å². The van der Waals surface area contributed by atoms with Crippen molar-refractivity contribution in [2.45, 2.75) is 150 Å². The topological polar surface area (TPSA) is 298 Å². The lowest BCUT2D eigenvalue weighted by Gasteiger charge is -2.53. The fourth-order valence-electron chi connectivity index (χ4n) is 10.5. The summed E-state index contributed by atoms with van der Waals surface area (Å²) in [6.45, 7) is -0.488. The number of alkyl halides is 3. The fraction of sp³-hybridized carbons (Fsp3) is 0.459. The van der Waals surface area contributed by atoms with E-state index in [9.17, 15) is 58.2 Å². The van der Waals surface area contributed by atoms with Gasteiger partial charge >= 0.3 is 18.1 Å². The number of hydrogen-bond donors (Lipinski definition) is 8. The molecule has 5 aromatic rings. The van der Waals surface area contributed by atoms with Crippen molar-refractivity contribution in [1.29, 1.82) is 0 Å². The first-order valence-electron chi connectivity index (χ1n) is 27.9. The average Bonchev–Trinajstić information content (AvgIpc) is 1.21. The number of aliphatic hydroxyl groups is 5. The number of carboxylic acids is 1. The predicted molar refractivity (Wildman–Crippen MR) is 293 cm³/mol. The molecule has 4 fully saturated rings. The van der Waals surface area contributed by atoms with Crippen LogP contribution in [-0.2, 0) is 92.7 Å². The van der Waals surface area contributed by atoms with Crippen molar-refractivity contribution in [2.24, 2.45) is 0 Å². The van der Waals surface area contributed by atoms with Gasteiger partial charge in [-0.25, -0.2) is 4.79 Å². The highest BCUT2D eigenvalue weighted by molar-refractivity contribution is 5.94. The quantitative estimate of drug-likeness (QED) is 0.0410. The number of rotatable bonds is 25. The number of aliphatic hydroxyl groups excluding tert-OH is 5. The summed E-state index contributed by atoms with van der Waals surface area (Å²) in [6.07, 6.45) is -29.4. The first kappa shape index (κ1) is 64.1.